The number of nitrogens with one attached hydrogen (secondary N) is 1. The molecule has 0 saturated heterocycles. The van der Waals surface area contributed by atoms with Gasteiger partial charge in [0.05, 0.1) is 42.7 Å². The van der Waals surface area contributed by atoms with Gasteiger partial charge >= 0.3 is 5.97 Å². The first-order chi connectivity index (χ1) is 22.3. The number of carbonyl (C=O) groups excluding carboxylic acids is 2. The first-order valence-corrected chi connectivity index (χ1v) is 15.0. The van der Waals surface area contributed by atoms with Crippen molar-refractivity contribution < 1.29 is 28.2 Å². The largest absolute Gasteiger partial charge is 0.497 e. The van der Waals surface area contributed by atoms with Crippen molar-refractivity contribution in [3.8, 4) is 22.8 Å². The van der Waals surface area contributed by atoms with Crippen molar-refractivity contribution in [3.05, 3.63) is 133 Å². The van der Waals surface area contributed by atoms with Gasteiger partial charge in [0.15, 0.2) is 4.80 Å². The Morgan fingerprint density at radius 3 is 2.46 bits per heavy atom. The van der Waals surface area contributed by atoms with E-state index < -0.39 is 17.9 Å². The van der Waals surface area contributed by atoms with Crippen LogP contribution in [0.2, 0.25) is 0 Å². The van der Waals surface area contributed by atoms with Crippen molar-refractivity contribution in [2.45, 2.75) is 13.0 Å². The fourth-order valence-corrected chi connectivity index (χ4v) is 6.39. The number of hydrogen-bond donors (Lipinski definition) is 1. The third-order valence-electron chi connectivity index (χ3n) is 7.53. The molecule has 232 valence electrons. The van der Waals surface area contributed by atoms with Gasteiger partial charge in [-0.3, -0.25) is 14.2 Å². The highest BCUT2D eigenvalue weighted by molar-refractivity contribution is 7.07. The lowest BCUT2D eigenvalue weighted by Crippen LogP contribution is -2.40. The smallest absolute Gasteiger partial charge is 0.338 e. The van der Waals surface area contributed by atoms with Gasteiger partial charge in [-0.15, -0.1) is 0 Å². The summed E-state index contributed by atoms with van der Waals surface area (Å²) in [5.74, 6) is 0.959. The summed E-state index contributed by atoms with van der Waals surface area (Å²) in [6, 6.07) is 23.9. The highest BCUT2D eigenvalue weighted by Gasteiger charge is 2.34. The van der Waals surface area contributed by atoms with Gasteiger partial charge in [0.2, 0.25) is 0 Å². The van der Waals surface area contributed by atoms with Crippen molar-refractivity contribution in [3.63, 3.8) is 0 Å². The molecular weight excluding hydrogens is 606 g/mol. The van der Waals surface area contributed by atoms with Gasteiger partial charge in [-0.1, -0.05) is 47.7 Å². The molecule has 1 N–H and O–H groups in total. The Bertz CT molecular complexity index is 2180. The van der Waals surface area contributed by atoms with Gasteiger partial charge in [0.1, 0.15) is 29.1 Å². The van der Waals surface area contributed by atoms with E-state index in [1.165, 1.54) is 30.1 Å². The third-order valence-corrected chi connectivity index (χ3v) is 8.51. The van der Waals surface area contributed by atoms with Gasteiger partial charge in [-0.05, 0) is 49.4 Å². The standard InChI is InChI=1S/C35H29N3O7S/c1-20-30(32(39)37-21-10-6-5-7-11-21)31(26-16-14-22(42-2)18-28(26)43-3)38-33(40)29(46-35(38)36-20)19-23-15-17-27(45-23)24-12-8-9-13-25(24)34(41)44-4/h5-19,31H,1-4H3,(H,37,39)/b29-19+/t31-/m1/s1. The summed E-state index contributed by atoms with van der Waals surface area (Å²) in [6.07, 6.45) is 1.62. The lowest BCUT2D eigenvalue weighted by molar-refractivity contribution is -0.113. The summed E-state index contributed by atoms with van der Waals surface area (Å²) in [7, 11) is 4.39. The first kappa shape index (κ1) is 30.4. The van der Waals surface area contributed by atoms with Crippen LogP contribution in [0.1, 0.15) is 34.6 Å². The molecule has 1 aliphatic heterocycles. The SMILES string of the molecule is COC(=O)c1ccccc1-c1ccc(/C=c2/sc3n(c2=O)[C@H](c2ccc(OC)cc2OC)C(C(=O)Nc2ccccc2)=C(C)N=3)o1. The molecule has 1 aliphatic rings. The number of methoxy groups -OCH3 is 3. The van der Waals surface area contributed by atoms with Crippen molar-refractivity contribution in [2.24, 2.45) is 4.99 Å². The monoisotopic (exact) mass is 635 g/mol. The number of furan rings is 1. The van der Waals surface area contributed by atoms with Crippen molar-refractivity contribution in [1.29, 1.82) is 0 Å². The predicted molar refractivity (Wildman–Crippen MR) is 174 cm³/mol. The van der Waals surface area contributed by atoms with Gasteiger partial charge in [-0.2, -0.15) is 0 Å². The normalized spacial score (nSPS) is 14.3. The molecule has 46 heavy (non-hydrogen) atoms. The molecule has 0 spiro atoms. The number of benzene rings is 3. The molecule has 1 atom stereocenters. The van der Waals surface area contributed by atoms with E-state index >= 15 is 0 Å². The van der Waals surface area contributed by atoms with E-state index in [1.54, 1.807) is 86.8 Å². The molecule has 10 nitrogen and oxygen atoms in total. The maximum absolute atomic E-state index is 14.2. The Morgan fingerprint density at radius 2 is 1.72 bits per heavy atom. The zero-order valence-corrected chi connectivity index (χ0v) is 26.2. The van der Waals surface area contributed by atoms with Crippen molar-refractivity contribution >= 4 is 35.0 Å². The lowest BCUT2D eigenvalue weighted by atomic mass is 9.94. The second-order valence-corrected chi connectivity index (χ2v) is 11.3. The molecule has 0 fully saturated rings. The maximum atomic E-state index is 14.2. The van der Waals surface area contributed by atoms with Crippen molar-refractivity contribution in [2.75, 3.05) is 26.6 Å². The molecular formula is C35H29N3O7S. The van der Waals surface area contributed by atoms with Crippen molar-refractivity contribution in [1.82, 2.24) is 4.57 Å². The number of fused-ring (bicyclic) bond motifs is 1. The summed E-state index contributed by atoms with van der Waals surface area (Å²) in [6.45, 7) is 1.75. The van der Waals surface area contributed by atoms with E-state index in [9.17, 15) is 14.4 Å². The zero-order chi connectivity index (χ0) is 32.4. The predicted octanol–water partition coefficient (Wildman–Crippen LogP) is 4.94. The number of ether oxygens (including phenoxy) is 3. The summed E-state index contributed by atoms with van der Waals surface area (Å²) in [5.41, 5.74) is 2.50. The van der Waals surface area contributed by atoms with E-state index in [0.717, 1.165) is 0 Å². The van der Waals surface area contributed by atoms with Crippen LogP contribution < -0.4 is 29.7 Å². The Labute approximate surface area is 267 Å². The number of para-hydroxylation sites is 1. The topological polar surface area (TPSA) is 121 Å². The molecule has 0 radical (unpaired) electrons. The van der Waals surface area contributed by atoms with Crippen LogP contribution in [-0.2, 0) is 9.53 Å². The summed E-state index contributed by atoms with van der Waals surface area (Å²) >= 11 is 1.18. The maximum Gasteiger partial charge on any atom is 0.338 e. The molecule has 0 unspecified atom stereocenters. The van der Waals surface area contributed by atoms with E-state index in [-0.39, 0.29) is 5.56 Å². The Kier molecular flexibility index (Phi) is 8.41. The number of anilines is 1. The number of aromatic nitrogens is 1. The highest BCUT2D eigenvalue weighted by Crippen LogP contribution is 2.37. The second kappa shape index (κ2) is 12.7. The molecule has 6 rings (SSSR count). The van der Waals surface area contributed by atoms with Crippen LogP contribution in [0.15, 0.2) is 110 Å². The minimum absolute atomic E-state index is 0.297. The number of amides is 1. The minimum Gasteiger partial charge on any atom is -0.497 e. The number of thiazole rings is 1. The summed E-state index contributed by atoms with van der Waals surface area (Å²) in [5, 5.41) is 2.94. The van der Waals surface area contributed by atoms with E-state index in [2.05, 4.69) is 5.32 Å². The summed E-state index contributed by atoms with van der Waals surface area (Å²) in [4.78, 5) is 45.5. The number of allylic oxidation sites excluding steroid dienone is 1. The molecule has 0 aliphatic carbocycles. The van der Waals surface area contributed by atoms with Gasteiger partial charge in [0, 0.05) is 29.0 Å². The van der Waals surface area contributed by atoms with E-state index in [1.807, 2.05) is 18.2 Å². The average molecular weight is 636 g/mol. The number of esters is 1. The van der Waals surface area contributed by atoms with Crippen LogP contribution in [0.25, 0.3) is 17.4 Å². The van der Waals surface area contributed by atoms with Crippen LogP contribution in [0.4, 0.5) is 5.69 Å². The average Bonchev–Trinajstić information content (AvgIpc) is 3.67. The van der Waals surface area contributed by atoms with E-state index in [4.69, 9.17) is 23.6 Å². The lowest BCUT2D eigenvalue weighted by Gasteiger charge is -2.26. The van der Waals surface area contributed by atoms with Crippen LogP contribution in [0.5, 0.6) is 11.5 Å². The van der Waals surface area contributed by atoms with Gasteiger partial charge in [0.25, 0.3) is 11.5 Å². The van der Waals surface area contributed by atoms with Crippen LogP contribution >= 0.6 is 11.3 Å². The quantitative estimate of drug-likeness (QED) is 0.240. The molecule has 2 aromatic heterocycles. The highest BCUT2D eigenvalue weighted by atomic mass is 32.1. The number of nitrogens with zero attached hydrogens (tertiary/aromatic N) is 2. The zero-order valence-electron chi connectivity index (χ0n) is 25.4. The van der Waals surface area contributed by atoms with Crippen LogP contribution in [0.3, 0.4) is 0 Å². The number of rotatable bonds is 8. The molecule has 11 heteroatoms. The molecule has 0 saturated carbocycles. The molecule has 3 heterocycles. The van der Waals surface area contributed by atoms with Gasteiger partial charge < -0.3 is 23.9 Å². The first-order valence-electron chi connectivity index (χ1n) is 14.2. The Morgan fingerprint density at radius 1 is 0.957 bits per heavy atom. The second-order valence-electron chi connectivity index (χ2n) is 10.2. The molecule has 1 amide bonds. The Balaban J connectivity index is 1.48. The fourth-order valence-electron chi connectivity index (χ4n) is 5.36. The minimum atomic E-state index is -0.859. The summed E-state index contributed by atoms with van der Waals surface area (Å²) < 4.78 is 24.0. The van der Waals surface area contributed by atoms with E-state index in [0.29, 0.717) is 66.0 Å². The molecule has 3 aromatic carbocycles. The Hall–Kier alpha value is -5.68. The molecule has 5 aromatic rings. The fraction of sp³-hybridized carbons (Fsp3) is 0.143. The molecule has 0 bridgehead atoms. The third kappa shape index (κ3) is 5.64. The van der Waals surface area contributed by atoms with Gasteiger partial charge in [-0.25, -0.2) is 9.79 Å². The van der Waals surface area contributed by atoms with Crippen LogP contribution in [0, 0.1) is 0 Å². The number of carbonyl (C=O) groups is 2. The number of hydrogen-bond acceptors (Lipinski definition) is 9. The van der Waals surface area contributed by atoms with Crippen LogP contribution in [-0.4, -0.2) is 37.8 Å².